The number of carboxylic acids is 2. The van der Waals surface area contributed by atoms with Crippen molar-refractivity contribution in [3.05, 3.63) is 29.3 Å². The van der Waals surface area contributed by atoms with E-state index in [4.69, 9.17) is 9.90 Å². The fourth-order valence-electron chi connectivity index (χ4n) is 4.00. The first-order valence-corrected chi connectivity index (χ1v) is 11.0. The molecule has 4 N–H and O–H groups in total. The predicted octanol–water partition coefficient (Wildman–Crippen LogP) is 0.209. The Hall–Kier alpha value is -4.50. The smallest absolute Gasteiger partial charge is 0.479 e. The summed E-state index contributed by atoms with van der Waals surface area (Å²) in [6.45, 7) is -0.276. The molecule has 204 valence electrons. The highest BCUT2D eigenvalue weighted by Crippen LogP contribution is 2.41. The quantitative estimate of drug-likeness (QED) is 0.362. The largest absolute Gasteiger partial charge is 0.490 e. The minimum Gasteiger partial charge on any atom is -0.479 e. The lowest BCUT2D eigenvalue weighted by atomic mass is 10.0. The minimum atomic E-state index is -5.08. The van der Waals surface area contributed by atoms with Gasteiger partial charge in [-0.1, -0.05) is 6.07 Å². The summed E-state index contributed by atoms with van der Waals surface area (Å²) in [4.78, 5) is 84.2. The molecule has 2 heterocycles. The molecule has 5 amide bonds. The monoisotopic (exact) mass is 542 g/mol. The summed E-state index contributed by atoms with van der Waals surface area (Å²) in [5, 5.41) is 21.4. The zero-order valence-electron chi connectivity index (χ0n) is 19.6. The number of nitrogens with one attached hydrogen (secondary N) is 2. The fraction of sp³-hybridized carbons (Fsp3) is 0.409. The van der Waals surface area contributed by atoms with E-state index in [1.807, 2.05) is 0 Å². The maximum Gasteiger partial charge on any atom is 0.490 e. The normalized spacial score (nSPS) is 19.6. The standard InChI is InChI=1S/C20H20N4O7.C2HF3O2/c1-23(20(7-8-20)19(30)31)14(26)9-21-11-4-2-3-10-15(11)18(29)24(17(10)28)12-5-6-13(25)22-16(12)27;3-2(4,5)1(6)7/h2-4,12,21H,5-9H2,1H3,(H,30,31)(H,22,25,27);(H,6,7). The van der Waals surface area contributed by atoms with Gasteiger partial charge in [-0.2, -0.15) is 13.2 Å². The molecule has 1 aromatic rings. The predicted molar refractivity (Wildman–Crippen MR) is 118 cm³/mol. The maximum atomic E-state index is 13.0. The third-order valence-electron chi connectivity index (χ3n) is 6.28. The van der Waals surface area contributed by atoms with E-state index in [-0.39, 0.29) is 36.2 Å². The van der Waals surface area contributed by atoms with Crippen molar-refractivity contribution in [1.29, 1.82) is 0 Å². The number of aliphatic carboxylic acids is 2. The van der Waals surface area contributed by atoms with Gasteiger partial charge in [0, 0.05) is 19.2 Å². The molecule has 1 saturated carbocycles. The SMILES string of the molecule is CN(C(=O)CNc1cccc2c1C(=O)N(C1CCC(=O)NC1=O)C2=O)C1(C(=O)O)CC1.O=C(O)C(F)(F)F. The van der Waals surface area contributed by atoms with E-state index in [0.29, 0.717) is 12.8 Å². The van der Waals surface area contributed by atoms with E-state index in [1.165, 1.54) is 30.1 Å². The molecule has 16 heteroatoms. The number of carbonyl (C=O) groups excluding carboxylic acids is 5. The Bertz CT molecular complexity index is 1240. The Morgan fingerprint density at radius 1 is 1.13 bits per heavy atom. The third kappa shape index (κ3) is 5.28. The number of hydrogen-bond acceptors (Lipinski definition) is 8. The van der Waals surface area contributed by atoms with Crippen LogP contribution in [-0.4, -0.2) is 92.8 Å². The molecule has 1 atom stereocenters. The Morgan fingerprint density at radius 3 is 2.24 bits per heavy atom. The summed E-state index contributed by atoms with van der Waals surface area (Å²) in [7, 11) is 1.42. The van der Waals surface area contributed by atoms with Gasteiger partial charge in [0.05, 0.1) is 17.7 Å². The molecule has 1 unspecified atom stereocenters. The topological polar surface area (TPSA) is 190 Å². The Balaban J connectivity index is 0.000000505. The Morgan fingerprint density at radius 2 is 1.74 bits per heavy atom. The molecule has 4 rings (SSSR count). The molecule has 0 bridgehead atoms. The van der Waals surface area contributed by atoms with Crippen molar-refractivity contribution >= 4 is 47.2 Å². The second-order valence-electron chi connectivity index (χ2n) is 8.62. The van der Waals surface area contributed by atoms with Crippen molar-refractivity contribution in [2.75, 3.05) is 18.9 Å². The molecular weight excluding hydrogens is 521 g/mol. The molecule has 3 aliphatic rings. The van der Waals surface area contributed by atoms with Crippen LogP contribution in [0.1, 0.15) is 46.4 Å². The molecule has 2 fully saturated rings. The molecule has 0 spiro atoms. The Kier molecular flexibility index (Phi) is 7.46. The number of likely N-dealkylation sites (N-methyl/N-ethyl adjacent to an activating group) is 1. The van der Waals surface area contributed by atoms with Gasteiger partial charge in [-0.05, 0) is 31.4 Å². The van der Waals surface area contributed by atoms with Crippen LogP contribution in [0.4, 0.5) is 18.9 Å². The number of imide groups is 2. The van der Waals surface area contributed by atoms with Crippen molar-refractivity contribution in [1.82, 2.24) is 15.1 Å². The number of carbonyl (C=O) groups is 7. The number of fused-ring (bicyclic) bond motifs is 1. The van der Waals surface area contributed by atoms with Crippen LogP contribution in [0.25, 0.3) is 0 Å². The van der Waals surface area contributed by atoms with Crippen LogP contribution < -0.4 is 10.6 Å². The van der Waals surface area contributed by atoms with Crippen LogP contribution in [0.5, 0.6) is 0 Å². The summed E-state index contributed by atoms with van der Waals surface area (Å²) in [6, 6.07) is 3.42. The lowest BCUT2D eigenvalue weighted by Gasteiger charge is -2.28. The van der Waals surface area contributed by atoms with Crippen molar-refractivity contribution in [2.24, 2.45) is 0 Å². The molecule has 1 saturated heterocycles. The number of piperidine rings is 1. The summed E-state index contributed by atoms with van der Waals surface area (Å²) >= 11 is 0. The summed E-state index contributed by atoms with van der Waals surface area (Å²) in [5.74, 6) is -6.81. The van der Waals surface area contributed by atoms with Gasteiger partial charge in [-0.15, -0.1) is 0 Å². The van der Waals surface area contributed by atoms with Crippen molar-refractivity contribution in [2.45, 2.75) is 43.4 Å². The summed E-state index contributed by atoms with van der Waals surface area (Å²) in [5.41, 5.74) is -0.838. The zero-order valence-corrected chi connectivity index (χ0v) is 19.6. The first-order valence-electron chi connectivity index (χ1n) is 11.0. The van der Waals surface area contributed by atoms with Crippen molar-refractivity contribution in [3.63, 3.8) is 0 Å². The lowest BCUT2D eigenvalue weighted by Crippen LogP contribution is -2.54. The van der Waals surface area contributed by atoms with Gasteiger partial charge in [-0.25, -0.2) is 9.59 Å². The van der Waals surface area contributed by atoms with E-state index in [2.05, 4.69) is 10.6 Å². The highest BCUT2D eigenvalue weighted by atomic mass is 19.4. The second kappa shape index (κ2) is 10.1. The molecule has 0 aromatic heterocycles. The summed E-state index contributed by atoms with van der Waals surface area (Å²) < 4.78 is 31.7. The van der Waals surface area contributed by atoms with Gasteiger partial charge in [0.25, 0.3) is 11.8 Å². The zero-order chi connectivity index (χ0) is 28.6. The highest BCUT2D eigenvalue weighted by Gasteiger charge is 2.55. The average Bonchev–Trinajstić information content (AvgIpc) is 3.61. The number of benzene rings is 1. The molecular formula is C22H21F3N4O9. The minimum absolute atomic E-state index is 0.0150. The second-order valence-corrected chi connectivity index (χ2v) is 8.62. The molecule has 38 heavy (non-hydrogen) atoms. The van der Waals surface area contributed by atoms with Gasteiger partial charge >= 0.3 is 18.1 Å². The molecule has 2 aliphatic heterocycles. The number of amides is 5. The first kappa shape index (κ1) is 28.1. The summed E-state index contributed by atoms with van der Waals surface area (Å²) in [6.07, 6.45) is -4.28. The molecule has 0 radical (unpaired) electrons. The van der Waals surface area contributed by atoms with E-state index in [9.17, 15) is 47.0 Å². The van der Waals surface area contributed by atoms with E-state index in [1.54, 1.807) is 0 Å². The van der Waals surface area contributed by atoms with Gasteiger partial charge in [-0.3, -0.25) is 34.2 Å². The van der Waals surface area contributed by atoms with Crippen LogP contribution in [0.3, 0.4) is 0 Å². The molecule has 13 nitrogen and oxygen atoms in total. The van der Waals surface area contributed by atoms with Crippen LogP contribution in [-0.2, 0) is 24.0 Å². The number of rotatable bonds is 6. The van der Waals surface area contributed by atoms with Gasteiger partial charge in [0.2, 0.25) is 17.7 Å². The highest BCUT2D eigenvalue weighted by molar-refractivity contribution is 6.25. The molecule has 1 aliphatic carbocycles. The number of carboxylic acid groups (broad SMARTS) is 2. The van der Waals surface area contributed by atoms with Crippen LogP contribution in [0.2, 0.25) is 0 Å². The van der Waals surface area contributed by atoms with Crippen molar-refractivity contribution in [3.8, 4) is 0 Å². The van der Waals surface area contributed by atoms with Gasteiger partial charge < -0.3 is 20.4 Å². The third-order valence-corrected chi connectivity index (χ3v) is 6.28. The Labute approximate surface area is 211 Å². The lowest BCUT2D eigenvalue weighted by molar-refractivity contribution is -0.192. The number of alkyl halides is 3. The fourth-order valence-corrected chi connectivity index (χ4v) is 4.00. The van der Waals surface area contributed by atoms with Crippen LogP contribution >= 0.6 is 0 Å². The van der Waals surface area contributed by atoms with Crippen LogP contribution in [0, 0.1) is 0 Å². The van der Waals surface area contributed by atoms with Crippen molar-refractivity contribution < 1.29 is 56.9 Å². The van der Waals surface area contributed by atoms with E-state index >= 15 is 0 Å². The van der Waals surface area contributed by atoms with Gasteiger partial charge in [0.15, 0.2) is 0 Å². The van der Waals surface area contributed by atoms with E-state index < -0.39 is 59.2 Å². The van der Waals surface area contributed by atoms with Crippen LogP contribution in [0.15, 0.2) is 18.2 Å². The number of halogens is 3. The molecule has 1 aromatic carbocycles. The van der Waals surface area contributed by atoms with E-state index in [0.717, 1.165) is 4.90 Å². The number of hydrogen-bond donors (Lipinski definition) is 4. The number of nitrogens with zero attached hydrogens (tertiary/aromatic N) is 2. The number of anilines is 1. The first-order chi connectivity index (χ1) is 17.6. The average molecular weight is 542 g/mol. The van der Waals surface area contributed by atoms with Gasteiger partial charge in [0.1, 0.15) is 11.6 Å². The maximum absolute atomic E-state index is 13.0.